The zero-order valence-electron chi connectivity index (χ0n) is 21.7. The fourth-order valence-electron chi connectivity index (χ4n) is 4.59. The minimum absolute atomic E-state index is 0.101. The van der Waals surface area contributed by atoms with E-state index in [2.05, 4.69) is 18.7 Å². The van der Waals surface area contributed by atoms with Gasteiger partial charge in [-0.3, -0.25) is 14.4 Å². The second-order valence-corrected chi connectivity index (χ2v) is 10.3. The molecule has 0 aliphatic heterocycles. The van der Waals surface area contributed by atoms with Crippen LogP contribution in [0.3, 0.4) is 0 Å². The van der Waals surface area contributed by atoms with E-state index in [1.54, 1.807) is 0 Å². The number of carbonyl (C=O) groups excluding carboxylic acids is 3. The lowest BCUT2D eigenvalue weighted by Crippen LogP contribution is -2.55. The number of anilines is 1. The van der Waals surface area contributed by atoms with Gasteiger partial charge in [0.05, 0.1) is 24.7 Å². The number of ether oxygens (including phenoxy) is 2. The van der Waals surface area contributed by atoms with Crippen LogP contribution in [0, 0.1) is 23.7 Å². The van der Waals surface area contributed by atoms with Crippen molar-refractivity contribution in [2.75, 3.05) is 31.2 Å². The molecule has 0 saturated heterocycles. The Balaban J connectivity index is 2.55. The molecule has 4 atom stereocenters. The molecule has 0 spiro atoms. The minimum Gasteiger partial charge on any atom is -0.465 e. The molecule has 2 rings (SSSR count). The Bertz CT molecular complexity index is 841. The van der Waals surface area contributed by atoms with Gasteiger partial charge in [0.15, 0.2) is 5.78 Å². The average Bonchev–Trinajstić information content (AvgIpc) is 2.76. The first-order valence-electron chi connectivity index (χ1n) is 12.4. The number of aliphatic hydroxyl groups is 1. The first kappa shape index (κ1) is 27.8. The maximum Gasteiger partial charge on any atom is 0.317 e. The number of rotatable bonds is 10. The number of ketones is 1. The van der Waals surface area contributed by atoms with Crippen LogP contribution >= 0.6 is 0 Å². The smallest absolute Gasteiger partial charge is 0.317 e. The van der Waals surface area contributed by atoms with E-state index in [9.17, 15) is 19.5 Å². The second kappa shape index (κ2) is 11.8. The van der Waals surface area contributed by atoms with E-state index in [0.29, 0.717) is 5.56 Å². The number of hydrogen-bond donors (Lipinski definition) is 1. The van der Waals surface area contributed by atoms with Crippen molar-refractivity contribution in [1.82, 2.24) is 0 Å². The zero-order chi connectivity index (χ0) is 25.6. The van der Waals surface area contributed by atoms with Crippen molar-refractivity contribution < 1.29 is 29.0 Å². The first-order chi connectivity index (χ1) is 15.9. The second-order valence-electron chi connectivity index (χ2n) is 10.3. The van der Waals surface area contributed by atoms with Crippen molar-refractivity contribution in [2.24, 2.45) is 23.7 Å². The summed E-state index contributed by atoms with van der Waals surface area (Å²) in [7, 11) is 0. The predicted octanol–water partition coefficient (Wildman–Crippen LogP) is 3.97. The molecule has 1 aromatic rings. The maximum absolute atomic E-state index is 13.3. The van der Waals surface area contributed by atoms with Crippen LogP contribution in [0.4, 0.5) is 5.69 Å². The van der Waals surface area contributed by atoms with Gasteiger partial charge in [0, 0.05) is 31.1 Å². The Kier molecular flexibility index (Phi) is 9.68. The summed E-state index contributed by atoms with van der Waals surface area (Å²) in [6.45, 7) is 15.3. The molecule has 1 saturated carbocycles. The van der Waals surface area contributed by atoms with Crippen molar-refractivity contribution in [2.45, 2.75) is 66.4 Å². The molecule has 0 unspecified atom stereocenters. The molecule has 190 valence electrons. The number of benzene rings is 1. The quantitative estimate of drug-likeness (QED) is 0.404. The number of carbonyl (C=O) groups is 3. The molecule has 0 bridgehead atoms. The van der Waals surface area contributed by atoms with Crippen LogP contribution in [0.5, 0.6) is 0 Å². The molecule has 7 heteroatoms. The molecule has 1 N–H and O–H groups in total. The molecular weight excluding hydrogens is 434 g/mol. The molecule has 1 fully saturated rings. The van der Waals surface area contributed by atoms with Gasteiger partial charge in [-0.05, 0) is 50.3 Å². The maximum atomic E-state index is 13.3. The molecule has 0 amide bonds. The Morgan fingerprint density at radius 1 is 1.00 bits per heavy atom. The van der Waals surface area contributed by atoms with Crippen LogP contribution in [-0.2, 0) is 23.9 Å². The summed E-state index contributed by atoms with van der Waals surface area (Å²) < 4.78 is 11.0. The number of Topliss-reactive ketones (excluding diaryl/α,β-unsaturated/α-hetero) is 1. The molecule has 0 heterocycles. The molecule has 7 nitrogen and oxygen atoms in total. The van der Waals surface area contributed by atoms with Gasteiger partial charge in [-0.15, -0.1) is 0 Å². The van der Waals surface area contributed by atoms with Gasteiger partial charge in [-0.2, -0.15) is 0 Å². The van der Waals surface area contributed by atoms with Crippen LogP contribution in [0.25, 0.3) is 0 Å². The van der Waals surface area contributed by atoms with Crippen molar-refractivity contribution >= 4 is 23.4 Å². The molecule has 0 aromatic heterocycles. The van der Waals surface area contributed by atoms with E-state index in [1.807, 2.05) is 52.0 Å². The number of hydrogen-bond acceptors (Lipinski definition) is 7. The van der Waals surface area contributed by atoms with E-state index >= 15 is 0 Å². The molecule has 1 aromatic carbocycles. The highest BCUT2D eigenvalue weighted by Gasteiger charge is 2.57. The Labute approximate surface area is 203 Å². The van der Waals surface area contributed by atoms with Crippen LogP contribution in [0.2, 0.25) is 0 Å². The topological polar surface area (TPSA) is 93.1 Å². The summed E-state index contributed by atoms with van der Waals surface area (Å²) in [5, 5.41) is 11.2. The van der Waals surface area contributed by atoms with Gasteiger partial charge in [-0.1, -0.05) is 39.8 Å². The number of esters is 2. The predicted molar refractivity (Wildman–Crippen MR) is 132 cm³/mol. The summed E-state index contributed by atoms with van der Waals surface area (Å²) in [4.78, 5) is 41.7. The Hall–Kier alpha value is -2.41. The lowest BCUT2D eigenvalue weighted by Gasteiger charge is -2.43. The zero-order valence-corrected chi connectivity index (χ0v) is 21.7. The largest absolute Gasteiger partial charge is 0.465 e. The third-order valence-electron chi connectivity index (χ3n) is 6.30. The molecular formula is C27H41NO6. The minimum atomic E-state index is -1.65. The molecule has 1 aliphatic carbocycles. The lowest BCUT2D eigenvalue weighted by molar-refractivity contribution is -0.173. The van der Waals surface area contributed by atoms with Gasteiger partial charge in [0.1, 0.15) is 5.92 Å². The summed E-state index contributed by atoms with van der Waals surface area (Å²) in [6.07, 6.45) is -0.316. The van der Waals surface area contributed by atoms with E-state index in [4.69, 9.17) is 9.47 Å². The summed E-state index contributed by atoms with van der Waals surface area (Å²) in [6, 6.07) is 7.50. The SMILES string of the molecule is CCN(CC)c1ccc([C@@H]2[C@@H](C(=O)OCC(C)C)C(=O)C[C@@](C)(O)[C@@H]2C(=O)OCC(C)C)cc1. The van der Waals surface area contributed by atoms with Crippen LogP contribution in [0.15, 0.2) is 24.3 Å². The average molecular weight is 476 g/mol. The van der Waals surface area contributed by atoms with E-state index in [0.717, 1.165) is 18.8 Å². The highest BCUT2D eigenvalue weighted by molar-refractivity contribution is 6.02. The monoisotopic (exact) mass is 475 g/mol. The van der Waals surface area contributed by atoms with E-state index < -0.39 is 41.1 Å². The Morgan fingerprint density at radius 3 is 1.97 bits per heavy atom. The summed E-state index contributed by atoms with van der Waals surface area (Å²) in [5.41, 5.74) is -0.0231. The molecule has 0 radical (unpaired) electrons. The first-order valence-corrected chi connectivity index (χ1v) is 12.4. The third-order valence-corrected chi connectivity index (χ3v) is 6.30. The van der Waals surface area contributed by atoms with Crippen molar-refractivity contribution in [3.8, 4) is 0 Å². The van der Waals surface area contributed by atoms with E-state index in [1.165, 1.54) is 6.92 Å². The highest BCUT2D eigenvalue weighted by atomic mass is 16.5. The fraction of sp³-hybridized carbons (Fsp3) is 0.667. The lowest BCUT2D eigenvalue weighted by atomic mass is 9.61. The summed E-state index contributed by atoms with van der Waals surface area (Å²) >= 11 is 0. The van der Waals surface area contributed by atoms with Gasteiger partial charge >= 0.3 is 11.9 Å². The Morgan fingerprint density at radius 2 is 1.50 bits per heavy atom. The van der Waals surface area contributed by atoms with Gasteiger partial charge in [0.2, 0.25) is 0 Å². The van der Waals surface area contributed by atoms with Crippen molar-refractivity contribution in [3.05, 3.63) is 29.8 Å². The van der Waals surface area contributed by atoms with Crippen LogP contribution in [-0.4, -0.2) is 54.7 Å². The van der Waals surface area contributed by atoms with Crippen molar-refractivity contribution in [3.63, 3.8) is 0 Å². The van der Waals surface area contributed by atoms with Gasteiger partial charge in [0.25, 0.3) is 0 Å². The van der Waals surface area contributed by atoms with Gasteiger partial charge in [-0.25, -0.2) is 0 Å². The number of nitrogens with zero attached hydrogens (tertiary/aromatic N) is 1. The van der Waals surface area contributed by atoms with Gasteiger partial charge < -0.3 is 19.5 Å². The highest BCUT2D eigenvalue weighted by Crippen LogP contribution is 2.47. The molecule has 1 aliphatic rings. The summed E-state index contributed by atoms with van der Waals surface area (Å²) in [5.74, 6) is -4.64. The van der Waals surface area contributed by atoms with E-state index in [-0.39, 0.29) is 31.5 Å². The van der Waals surface area contributed by atoms with Crippen LogP contribution in [0.1, 0.15) is 66.4 Å². The third kappa shape index (κ3) is 6.59. The fourth-order valence-corrected chi connectivity index (χ4v) is 4.59. The normalized spacial score (nSPS) is 24.9. The van der Waals surface area contributed by atoms with Crippen LogP contribution < -0.4 is 4.90 Å². The standard InChI is InChI=1S/C27H41NO6/c1-8-28(9-2)20-12-10-19(11-13-20)22-23(25(30)33-15-17(3)4)21(29)14-27(7,32)24(22)26(31)34-16-18(5)6/h10-13,17-18,22-24,32H,8-9,14-16H2,1-7H3/t22-,23+,24+,27-/m1/s1. The van der Waals surface area contributed by atoms with Crippen molar-refractivity contribution in [1.29, 1.82) is 0 Å². The molecule has 34 heavy (non-hydrogen) atoms.